The van der Waals surface area contributed by atoms with E-state index >= 15 is 0 Å². The Balaban J connectivity index is 2.89. The molecule has 0 aromatic rings. The van der Waals surface area contributed by atoms with E-state index in [2.05, 4.69) is 25.9 Å². The number of hydrogen-bond acceptors (Lipinski definition) is 2. The van der Waals surface area contributed by atoms with Gasteiger partial charge >= 0.3 is 0 Å². The van der Waals surface area contributed by atoms with Crippen molar-refractivity contribution in [1.82, 2.24) is 4.90 Å². The molecule has 2 heteroatoms. The lowest BCUT2D eigenvalue weighted by Gasteiger charge is -2.09. The standard InChI is InChI=1S/C15H33NO/c1-4-5-6-7-8-9-10-11-12-14-17-15-13-16(2)3/h4-15H2,1-3H3. The largest absolute Gasteiger partial charge is 0.380 e. The normalized spacial score (nSPS) is 11.3. The number of rotatable bonds is 13. The molecule has 0 aliphatic carbocycles. The van der Waals surface area contributed by atoms with Crippen molar-refractivity contribution in [2.45, 2.75) is 64.7 Å². The number of hydrogen-bond donors (Lipinski definition) is 0. The third-order valence-electron chi connectivity index (χ3n) is 3.08. The monoisotopic (exact) mass is 243 g/mol. The summed E-state index contributed by atoms with van der Waals surface area (Å²) < 4.78 is 5.56. The Morgan fingerprint density at radius 1 is 0.706 bits per heavy atom. The maximum absolute atomic E-state index is 5.56. The highest BCUT2D eigenvalue weighted by atomic mass is 16.5. The molecule has 0 bridgehead atoms. The second kappa shape index (κ2) is 14.0. The summed E-state index contributed by atoms with van der Waals surface area (Å²) in [5.74, 6) is 0. The minimum absolute atomic E-state index is 0.879. The van der Waals surface area contributed by atoms with Crippen LogP contribution in [0.2, 0.25) is 0 Å². The molecule has 0 fully saturated rings. The van der Waals surface area contributed by atoms with E-state index in [0.717, 1.165) is 19.8 Å². The van der Waals surface area contributed by atoms with Crippen LogP contribution < -0.4 is 0 Å². The highest BCUT2D eigenvalue weighted by molar-refractivity contribution is 4.47. The topological polar surface area (TPSA) is 12.5 Å². The van der Waals surface area contributed by atoms with Crippen molar-refractivity contribution >= 4 is 0 Å². The van der Waals surface area contributed by atoms with Crippen LogP contribution in [0.5, 0.6) is 0 Å². The van der Waals surface area contributed by atoms with Crippen molar-refractivity contribution in [3.05, 3.63) is 0 Å². The molecule has 0 saturated heterocycles. The molecule has 0 aromatic heterocycles. The van der Waals surface area contributed by atoms with Gasteiger partial charge in [-0.3, -0.25) is 0 Å². The van der Waals surface area contributed by atoms with Gasteiger partial charge in [-0.1, -0.05) is 58.3 Å². The lowest BCUT2D eigenvalue weighted by atomic mass is 10.1. The molecule has 104 valence electrons. The molecule has 17 heavy (non-hydrogen) atoms. The van der Waals surface area contributed by atoms with Crippen LogP contribution in [0.4, 0.5) is 0 Å². The van der Waals surface area contributed by atoms with Crippen molar-refractivity contribution in [3.8, 4) is 0 Å². The molecule has 0 unspecified atom stereocenters. The number of likely N-dealkylation sites (N-methyl/N-ethyl adjacent to an activating group) is 1. The maximum atomic E-state index is 5.56. The second-order valence-corrected chi connectivity index (χ2v) is 5.24. The van der Waals surface area contributed by atoms with Gasteiger partial charge in [0.25, 0.3) is 0 Å². The summed E-state index contributed by atoms with van der Waals surface area (Å²) >= 11 is 0. The van der Waals surface area contributed by atoms with E-state index in [4.69, 9.17) is 4.74 Å². The van der Waals surface area contributed by atoms with E-state index in [0.29, 0.717) is 0 Å². The SMILES string of the molecule is CCCCCCCCCCCOCCN(C)C. The summed E-state index contributed by atoms with van der Waals surface area (Å²) in [5, 5.41) is 0. The Labute approximate surface area is 109 Å². The highest BCUT2D eigenvalue weighted by Crippen LogP contribution is 2.09. The number of nitrogens with zero attached hydrogens (tertiary/aromatic N) is 1. The van der Waals surface area contributed by atoms with Gasteiger partial charge in [0.05, 0.1) is 6.61 Å². The van der Waals surface area contributed by atoms with E-state index < -0.39 is 0 Å². The van der Waals surface area contributed by atoms with Gasteiger partial charge in [0.2, 0.25) is 0 Å². The Morgan fingerprint density at radius 3 is 1.76 bits per heavy atom. The van der Waals surface area contributed by atoms with Crippen LogP contribution in [-0.4, -0.2) is 38.8 Å². The van der Waals surface area contributed by atoms with Crippen molar-refractivity contribution in [2.24, 2.45) is 0 Å². The summed E-state index contributed by atoms with van der Waals surface area (Å²) in [6.45, 7) is 5.14. The zero-order valence-corrected chi connectivity index (χ0v) is 12.3. The minimum Gasteiger partial charge on any atom is -0.380 e. The quantitative estimate of drug-likeness (QED) is 0.452. The Bertz CT molecular complexity index is 137. The molecule has 0 atom stereocenters. The zero-order chi connectivity index (χ0) is 12.8. The smallest absolute Gasteiger partial charge is 0.0593 e. The molecule has 0 amide bonds. The molecule has 0 saturated carbocycles. The molecule has 0 aliphatic rings. The van der Waals surface area contributed by atoms with Gasteiger partial charge < -0.3 is 9.64 Å². The molecule has 0 radical (unpaired) electrons. The van der Waals surface area contributed by atoms with Crippen LogP contribution in [0.25, 0.3) is 0 Å². The molecule has 0 spiro atoms. The van der Waals surface area contributed by atoms with Gasteiger partial charge in [0, 0.05) is 13.2 Å². The Kier molecular flexibility index (Phi) is 13.9. The van der Waals surface area contributed by atoms with Crippen molar-refractivity contribution in [2.75, 3.05) is 33.9 Å². The van der Waals surface area contributed by atoms with Gasteiger partial charge in [-0.05, 0) is 20.5 Å². The predicted octanol–water partition coefficient (Wildman–Crippen LogP) is 4.10. The van der Waals surface area contributed by atoms with E-state index in [9.17, 15) is 0 Å². The molecular weight excluding hydrogens is 210 g/mol. The number of ether oxygens (including phenoxy) is 1. The minimum atomic E-state index is 0.879. The maximum Gasteiger partial charge on any atom is 0.0593 e. The lowest BCUT2D eigenvalue weighted by molar-refractivity contribution is 0.114. The third-order valence-corrected chi connectivity index (χ3v) is 3.08. The summed E-state index contributed by atoms with van der Waals surface area (Å²) in [7, 11) is 4.17. The first-order valence-electron chi connectivity index (χ1n) is 7.50. The molecule has 2 nitrogen and oxygen atoms in total. The summed E-state index contributed by atoms with van der Waals surface area (Å²) in [6, 6.07) is 0. The fourth-order valence-corrected chi connectivity index (χ4v) is 1.86. The van der Waals surface area contributed by atoms with Gasteiger partial charge in [-0.15, -0.1) is 0 Å². The summed E-state index contributed by atoms with van der Waals surface area (Å²) in [4.78, 5) is 2.16. The Hall–Kier alpha value is -0.0800. The third kappa shape index (κ3) is 15.9. The van der Waals surface area contributed by atoms with Gasteiger partial charge in [-0.2, -0.15) is 0 Å². The zero-order valence-electron chi connectivity index (χ0n) is 12.3. The van der Waals surface area contributed by atoms with Gasteiger partial charge in [-0.25, -0.2) is 0 Å². The average molecular weight is 243 g/mol. The molecule has 0 aromatic carbocycles. The molecular formula is C15H33NO. The van der Waals surface area contributed by atoms with Crippen LogP contribution in [-0.2, 0) is 4.74 Å². The lowest BCUT2D eigenvalue weighted by Crippen LogP contribution is -2.18. The molecule has 0 heterocycles. The molecule has 0 rings (SSSR count). The Morgan fingerprint density at radius 2 is 1.24 bits per heavy atom. The van der Waals surface area contributed by atoms with E-state index in [1.807, 2.05) is 0 Å². The van der Waals surface area contributed by atoms with Crippen LogP contribution >= 0.6 is 0 Å². The number of unbranched alkanes of at least 4 members (excludes halogenated alkanes) is 8. The predicted molar refractivity (Wildman–Crippen MR) is 76.6 cm³/mol. The van der Waals surface area contributed by atoms with Crippen LogP contribution in [0.3, 0.4) is 0 Å². The highest BCUT2D eigenvalue weighted by Gasteiger charge is 1.93. The van der Waals surface area contributed by atoms with E-state index in [-0.39, 0.29) is 0 Å². The summed E-state index contributed by atoms with van der Waals surface area (Å²) in [6.07, 6.45) is 12.5. The van der Waals surface area contributed by atoms with E-state index in [1.165, 1.54) is 57.8 Å². The molecule has 0 aliphatic heterocycles. The first-order valence-corrected chi connectivity index (χ1v) is 7.50. The van der Waals surface area contributed by atoms with Crippen LogP contribution in [0, 0.1) is 0 Å². The van der Waals surface area contributed by atoms with Crippen molar-refractivity contribution in [3.63, 3.8) is 0 Å². The van der Waals surface area contributed by atoms with Gasteiger partial charge in [0.15, 0.2) is 0 Å². The van der Waals surface area contributed by atoms with E-state index in [1.54, 1.807) is 0 Å². The molecule has 0 N–H and O–H groups in total. The second-order valence-electron chi connectivity index (χ2n) is 5.24. The summed E-state index contributed by atoms with van der Waals surface area (Å²) in [5.41, 5.74) is 0. The fraction of sp³-hybridized carbons (Fsp3) is 1.00. The first kappa shape index (κ1) is 16.9. The van der Waals surface area contributed by atoms with Crippen LogP contribution in [0.1, 0.15) is 64.7 Å². The van der Waals surface area contributed by atoms with Crippen LogP contribution in [0.15, 0.2) is 0 Å². The fourth-order valence-electron chi connectivity index (χ4n) is 1.86. The van der Waals surface area contributed by atoms with Gasteiger partial charge in [0.1, 0.15) is 0 Å². The first-order chi connectivity index (χ1) is 8.27. The average Bonchev–Trinajstić information content (AvgIpc) is 2.30. The van der Waals surface area contributed by atoms with Crippen molar-refractivity contribution in [1.29, 1.82) is 0 Å². The van der Waals surface area contributed by atoms with Crippen molar-refractivity contribution < 1.29 is 4.74 Å².